The Kier molecular flexibility index (Phi) is 9.56. The average Bonchev–Trinajstić information content (AvgIpc) is 3.63. The summed E-state index contributed by atoms with van der Waals surface area (Å²) in [6.45, 7) is 8.56. The van der Waals surface area contributed by atoms with Gasteiger partial charge in [0.1, 0.15) is 24.9 Å². The summed E-state index contributed by atoms with van der Waals surface area (Å²) in [5.41, 5.74) is 3.05. The number of benzene rings is 2. The van der Waals surface area contributed by atoms with Crippen molar-refractivity contribution >= 4 is 14.0 Å². The number of ether oxygens (including phenoxy) is 3. The summed E-state index contributed by atoms with van der Waals surface area (Å²) in [5.74, 6) is 0.990. The predicted octanol–water partition coefficient (Wildman–Crippen LogP) is 5.71. The first-order chi connectivity index (χ1) is 20.7. The van der Waals surface area contributed by atoms with Crippen LogP contribution in [0.3, 0.4) is 0 Å². The van der Waals surface area contributed by atoms with Crippen molar-refractivity contribution in [3.63, 3.8) is 0 Å². The molecule has 2 aromatic carbocycles. The summed E-state index contributed by atoms with van der Waals surface area (Å²) in [6.07, 6.45) is 5.10. The van der Waals surface area contributed by atoms with Gasteiger partial charge < -0.3 is 19.3 Å². The van der Waals surface area contributed by atoms with Crippen LogP contribution in [0.2, 0.25) is 25.7 Å². The molecule has 1 N–H and O–H groups in total. The van der Waals surface area contributed by atoms with Gasteiger partial charge in [-0.3, -0.25) is 4.57 Å². The summed E-state index contributed by atoms with van der Waals surface area (Å²) >= 11 is 0. The maximum Gasteiger partial charge on any atom is 0.362 e. The van der Waals surface area contributed by atoms with E-state index in [-0.39, 0.29) is 17.7 Å². The van der Waals surface area contributed by atoms with Crippen molar-refractivity contribution in [1.29, 1.82) is 0 Å². The van der Waals surface area contributed by atoms with E-state index in [9.17, 15) is 9.90 Å². The highest BCUT2D eigenvalue weighted by atomic mass is 28.3. The Labute approximate surface area is 252 Å². The van der Waals surface area contributed by atoms with Crippen LogP contribution < -0.4 is 9.47 Å². The number of rotatable bonds is 13. The van der Waals surface area contributed by atoms with Crippen LogP contribution in [0.1, 0.15) is 53.2 Å². The number of methoxy groups -OCH3 is 1. The first-order valence-corrected chi connectivity index (χ1v) is 18.4. The molecule has 0 atom stereocenters. The molecule has 2 aromatic heterocycles. The van der Waals surface area contributed by atoms with Gasteiger partial charge in [0, 0.05) is 20.2 Å². The molecule has 0 bridgehead atoms. The second-order valence-electron chi connectivity index (χ2n) is 12.2. The standard InChI is InChI=1S/C31H40N6O5Si/c1-40-26-13-5-22(6-14-26)19-37-30(28(31(38)39)33-35-37)42-27-15-11-24(12-16-27)23-7-9-25(10-8-23)29-34-32-20-36(29)21-41-17-18-43(2,3)4/h5-10,13-14,20,24,27H,11-12,15-19,21H2,1-4H3,(H,38,39). The van der Waals surface area contributed by atoms with Gasteiger partial charge in [0.25, 0.3) is 0 Å². The molecule has 43 heavy (non-hydrogen) atoms. The second kappa shape index (κ2) is 13.5. The molecule has 0 saturated heterocycles. The summed E-state index contributed by atoms with van der Waals surface area (Å²) in [5, 5.41) is 26.1. The van der Waals surface area contributed by atoms with Gasteiger partial charge in [0.2, 0.25) is 11.6 Å². The highest BCUT2D eigenvalue weighted by Gasteiger charge is 2.28. The molecule has 0 spiro atoms. The quantitative estimate of drug-likeness (QED) is 0.151. The number of carbonyl (C=O) groups is 1. The van der Waals surface area contributed by atoms with Crippen molar-refractivity contribution in [2.24, 2.45) is 0 Å². The Balaban J connectivity index is 1.18. The lowest BCUT2D eigenvalue weighted by Gasteiger charge is -2.29. The third-order valence-electron chi connectivity index (χ3n) is 7.82. The minimum absolute atomic E-state index is 0.110. The minimum Gasteiger partial charge on any atom is -0.497 e. The zero-order valence-electron chi connectivity index (χ0n) is 25.3. The van der Waals surface area contributed by atoms with Gasteiger partial charge in [-0.05, 0) is 60.9 Å². The van der Waals surface area contributed by atoms with E-state index in [0.717, 1.165) is 61.0 Å². The number of aromatic nitrogens is 6. The van der Waals surface area contributed by atoms with Gasteiger partial charge in [-0.25, -0.2) is 9.48 Å². The molecule has 0 aliphatic heterocycles. The Morgan fingerprint density at radius 2 is 1.72 bits per heavy atom. The molecule has 1 aliphatic carbocycles. The van der Waals surface area contributed by atoms with Crippen molar-refractivity contribution in [2.45, 2.75) is 76.7 Å². The Morgan fingerprint density at radius 3 is 2.37 bits per heavy atom. The molecule has 228 valence electrons. The van der Waals surface area contributed by atoms with Gasteiger partial charge in [0.15, 0.2) is 5.82 Å². The molecule has 1 aliphatic rings. The van der Waals surface area contributed by atoms with Crippen molar-refractivity contribution < 1.29 is 24.1 Å². The molecule has 0 radical (unpaired) electrons. The van der Waals surface area contributed by atoms with Gasteiger partial charge in [-0.15, -0.1) is 15.3 Å². The van der Waals surface area contributed by atoms with Gasteiger partial charge >= 0.3 is 5.97 Å². The molecule has 12 heteroatoms. The number of carboxylic acid groups (broad SMARTS) is 1. The first-order valence-electron chi connectivity index (χ1n) is 14.7. The SMILES string of the molecule is COc1ccc(Cn2nnc(C(=O)O)c2OC2CCC(c3ccc(-c4nncn4COCC[Si](C)(C)C)cc3)CC2)cc1. The van der Waals surface area contributed by atoms with Crippen LogP contribution in [0.4, 0.5) is 0 Å². The summed E-state index contributed by atoms with van der Waals surface area (Å²) < 4.78 is 20.9. The van der Waals surface area contributed by atoms with Crippen LogP contribution in [0, 0.1) is 0 Å². The fourth-order valence-corrected chi connectivity index (χ4v) is 6.01. The largest absolute Gasteiger partial charge is 0.497 e. The fraction of sp³-hybridized carbons (Fsp3) is 0.452. The van der Waals surface area contributed by atoms with Gasteiger partial charge in [-0.1, -0.05) is 61.3 Å². The number of aromatic carboxylic acids is 1. The summed E-state index contributed by atoms with van der Waals surface area (Å²) in [4.78, 5) is 11.9. The predicted molar refractivity (Wildman–Crippen MR) is 164 cm³/mol. The second-order valence-corrected chi connectivity index (χ2v) is 17.9. The van der Waals surface area contributed by atoms with E-state index in [0.29, 0.717) is 19.2 Å². The lowest BCUT2D eigenvalue weighted by molar-refractivity contribution is 0.0676. The van der Waals surface area contributed by atoms with E-state index in [2.05, 4.69) is 64.4 Å². The van der Waals surface area contributed by atoms with E-state index >= 15 is 0 Å². The molecule has 5 rings (SSSR count). The zero-order chi connectivity index (χ0) is 30.4. The summed E-state index contributed by atoms with van der Waals surface area (Å²) in [6, 6.07) is 17.2. The highest BCUT2D eigenvalue weighted by Crippen LogP contribution is 2.36. The van der Waals surface area contributed by atoms with Crippen molar-refractivity contribution in [1.82, 2.24) is 29.8 Å². The normalized spacial score (nSPS) is 17.1. The van der Waals surface area contributed by atoms with Gasteiger partial charge in [0.05, 0.1) is 13.7 Å². The fourth-order valence-electron chi connectivity index (χ4n) is 5.25. The zero-order valence-corrected chi connectivity index (χ0v) is 26.3. The van der Waals surface area contributed by atoms with Crippen molar-refractivity contribution in [3.8, 4) is 23.0 Å². The van der Waals surface area contributed by atoms with E-state index in [4.69, 9.17) is 14.2 Å². The van der Waals surface area contributed by atoms with Crippen molar-refractivity contribution in [3.05, 3.63) is 71.7 Å². The number of hydrogen-bond donors (Lipinski definition) is 1. The van der Waals surface area contributed by atoms with Gasteiger partial charge in [-0.2, -0.15) is 0 Å². The van der Waals surface area contributed by atoms with Crippen molar-refractivity contribution in [2.75, 3.05) is 13.7 Å². The molecule has 0 amide bonds. The van der Waals surface area contributed by atoms with Crippen LogP contribution in [0.25, 0.3) is 11.4 Å². The van der Waals surface area contributed by atoms with Crippen LogP contribution in [0.15, 0.2) is 54.9 Å². The molecule has 1 fully saturated rings. The lowest BCUT2D eigenvalue weighted by atomic mass is 9.82. The topological polar surface area (TPSA) is 126 Å². The Hall–Kier alpha value is -4.03. The summed E-state index contributed by atoms with van der Waals surface area (Å²) in [7, 11) is 0.479. The van der Waals surface area contributed by atoms with E-state index in [1.54, 1.807) is 13.4 Å². The number of nitrogens with zero attached hydrogens (tertiary/aromatic N) is 6. The number of carboxylic acids is 1. The monoisotopic (exact) mass is 604 g/mol. The van der Waals surface area contributed by atoms with Crippen LogP contribution in [0.5, 0.6) is 11.6 Å². The Bertz CT molecular complexity index is 1490. The molecular formula is C31H40N6O5Si. The minimum atomic E-state index is -1.15. The third-order valence-corrected chi connectivity index (χ3v) is 9.52. The van der Waals surface area contributed by atoms with E-state index in [1.807, 2.05) is 28.8 Å². The molecule has 1 saturated carbocycles. The molecule has 4 aromatic rings. The smallest absolute Gasteiger partial charge is 0.362 e. The third kappa shape index (κ3) is 7.88. The average molecular weight is 605 g/mol. The first kappa shape index (κ1) is 30.4. The van der Waals surface area contributed by atoms with Crippen LogP contribution in [-0.4, -0.2) is 68.7 Å². The van der Waals surface area contributed by atoms with E-state index < -0.39 is 14.0 Å². The molecular weight excluding hydrogens is 564 g/mol. The maximum atomic E-state index is 11.9. The Morgan fingerprint density at radius 1 is 1.00 bits per heavy atom. The van der Waals surface area contributed by atoms with E-state index in [1.165, 1.54) is 10.2 Å². The molecule has 11 nitrogen and oxygen atoms in total. The number of hydrogen-bond acceptors (Lipinski definition) is 8. The van der Waals surface area contributed by atoms with Crippen LogP contribution in [-0.2, 0) is 18.0 Å². The van der Waals surface area contributed by atoms with Crippen LogP contribution >= 0.6 is 0 Å². The lowest BCUT2D eigenvalue weighted by Crippen LogP contribution is -2.25. The highest BCUT2D eigenvalue weighted by molar-refractivity contribution is 6.76. The maximum absolute atomic E-state index is 11.9. The molecule has 2 heterocycles. The molecule has 0 unspecified atom stereocenters.